The number of nitrogens with zero attached hydrogens (tertiary/aromatic N) is 3. The minimum atomic E-state index is -0.463. The summed E-state index contributed by atoms with van der Waals surface area (Å²) in [6.45, 7) is 2.92. The van der Waals surface area contributed by atoms with E-state index in [1.54, 1.807) is 42.9 Å². The van der Waals surface area contributed by atoms with Crippen LogP contribution in [0.5, 0.6) is 11.5 Å². The number of carbonyl (C=O) groups is 1. The number of methoxy groups -OCH3 is 1. The zero-order valence-electron chi connectivity index (χ0n) is 13.9. The van der Waals surface area contributed by atoms with Crippen molar-refractivity contribution in [2.45, 2.75) is 0 Å². The molecule has 0 radical (unpaired) electrons. The Morgan fingerprint density at radius 1 is 1.20 bits per heavy atom. The van der Waals surface area contributed by atoms with Crippen LogP contribution in [0.15, 0.2) is 47.8 Å². The van der Waals surface area contributed by atoms with Crippen molar-refractivity contribution < 1.29 is 19.0 Å². The highest BCUT2D eigenvalue weighted by atomic mass is 16.6. The van der Waals surface area contributed by atoms with Gasteiger partial charge in [-0.2, -0.15) is 5.10 Å². The van der Waals surface area contributed by atoms with E-state index in [9.17, 15) is 4.79 Å². The Kier molecular flexibility index (Phi) is 5.58. The molecule has 1 aliphatic heterocycles. The summed E-state index contributed by atoms with van der Waals surface area (Å²) >= 11 is 0. The molecule has 2 heterocycles. The van der Waals surface area contributed by atoms with Crippen LogP contribution in [0, 0.1) is 0 Å². The molecule has 7 nitrogen and oxygen atoms in total. The third-order valence-electron chi connectivity index (χ3n) is 3.66. The first-order valence-corrected chi connectivity index (χ1v) is 7.93. The van der Waals surface area contributed by atoms with Gasteiger partial charge >= 0.3 is 5.97 Å². The Morgan fingerprint density at radius 3 is 2.68 bits per heavy atom. The summed E-state index contributed by atoms with van der Waals surface area (Å²) in [5.74, 6) is 0.358. The summed E-state index contributed by atoms with van der Waals surface area (Å²) in [6.07, 6.45) is 4.83. The van der Waals surface area contributed by atoms with Crippen LogP contribution in [-0.2, 0) is 4.74 Å². The van der Waals surface area contributed by atoms with Gasteiger partial charge in [0.2, 0.25) is 0 Å². The summed E-state index contributed by atoms with van der Waals surface area (Å²) in [6, 6.07) is 8.48. The molecule has 1 fully saturated rings. The van der Waals surface area contributed by atoms with Crippen molar-refractivity contribution in [2.75, 3.05) is 33.4 Å². The Morgan fingerprint density at radius 2 is 1.96 bits per heavy atom. The Bertz CT molecular complexity index is 743. The quantitative estimate of drug-likeness (QED) is 0.470. The van der Waals surface area contributed by atoms with Crippen LogP contribution >= 0.6 is 0 Å². The Balaban J connectivity index is 1.71. The molecular formula is C18H19N3O4. The average Bonchev–Trinajstić information content (AvgIpc) is 2.68. The van der Waals surface area contributed by atoms with Crippen molar-refractivity contribution in [1.82, 2.24) is 9.99 Å². The van der Waals surface area contributed by atoms with E-state index in [0.29, 0.717) is 30.3 Å². The van der Waals surface area contributed by atoms with Gasteiger partial charge in [-0.25, -0.2) is 4.79 Å². The van der Waals surface area contributed by atoms with Crippen molar-refractivity contribution >= 4 is 12.2 Å². The molecule has 0 saturated carbocycles. The minimum Gasteiger partial charge on any atom is -0.493 e. The van der Waals surface area contributed by atoms with Gasteiger partial charge in [-0.05, 0) is 35.9 Å². The average molecular weight is 341 g/mol. The summed E-state index contributed by atoms with van der Waals surface area (Å²) in [7, 11) is 1.53. The predicted octanol–water partition coefficient (Wildman–Crippen LogP) is 1.98. The highest BCUT2D eigenvalue weighted by Gasteiger charge is 2.13. The topological polar surface area (TPSA) is 73.2 Å². The third kappa shape index (κ3) is 4.54. The maximum atomic E-state index is 12.1. The van der Waals surface area contributed by atoms with Crippen molar-refractivity contribution in [3.05, 3.63) is 53.9 Å². The van der Waals surface area contributed by atoms with E-state index >= 15 is 0 Å². The fraction of sp³-hybridized carbons (Fsp3) is 0.278. The van der Waals surface area contributed by atoms with Gasteiger partial charge in [-0.1, -0.05) is 0 Å². The lowest BCUT2D eigenvalue weighted by molar-refractivity contribution is 0.0397. The molecule has 25 heavy (non-hydrogen) atoms. The first-order valence-electron chi connectivity index (χ1n) is 7.93. The summed E-state index contributed by atoms with van der Waals surface area (Å²) in [4.78, 5) is 16.0. The van der Waals surface area contributed by atoms with Crippen LogP contribution in [0.1, 0.15) is 15.9 Å². The molecule has 0 N–H and O–H groups in total. The van der Waals surface area contributed by atoms with E-state index in [1.165, 1.54) is 7.11 Å². The minimum absolute atomic E-state index is 0.354. The molecule has 3 rings (SSSR count). The lowest BCUT2D eigenvalue weighted by Crippen LogP contribution is -2.32. The Labute approximate surface area is 145 Å². The first-order chi connectivity index (χ1) is 12.3. The van der Waals surface area contributed by atoms with E-state index in [0.717, 1.165) is 18.7 Å². The molecule has 7 heteroatoms. The lowest BCUT2D eigenvalue weighted by Gasteiger charge is -2.23. The van der Waals surface area contributed by atoms with Crippen LogP contribution in [0.4, 0.5) is 0 Å². The second kappa shape index (κ2) is 8.25. The standard InChI is InChI=1S/C18H19N3O4/c1-23-17-12-14(13-20-21-8-10-24-11-9-21)2-3-16(17)25-18(22)15-4-6-19-7-5-15/h2-7,12-13H,8-11H2,1H3/b20-13-. The van der Waals surface area contributed by atoms with Crippen LogP contribution in [0.25, 0.3) is 0 Å². The smallest absolute Gasteiger partial charge is 0.343 e. The van der Waals surface area contributed by atoms with E-state index in [4.69, 9.17) is 14.2 Å². The number of pyridine rings is 1. The van der Waals surface area contributed by atoms with Gasteiger partial charge in [0.1, 0.15) is 0 Å². The molecule has 1 aromatic heterocycles. The molecule has 0 spiro atoms. The van der Waals surface area contributed by atoms with Gasteiger partial charge in [0.25, 0.3) is 0 Å². The highest BCUT2D eigenvalue weighted by molar-refractivity contribution is 5.91. The van der Waals surface area contributed by atoms with Crippen LogP contribution < -0.4 is 9.47 Å². The summed E-state index contributed by atoms with van der Waals surface area (Å²) in [5.41, 5.74) is 1.28. The molecule has 130 valence electrons. The van der Waals surface area contributed by atoms with Gasteiger partial charge in [0.05, 0.1) is 45.2 Å². The monoisotopic (exact) mass is 341 g/mol. The predicted molar refractivity (Wildman–Crippen MR) is 92.2 cm³/mol. The summed E-state index contributed by atoms with van der Waals surface area (Å²) < 4.78 is 16.0. The van der Waals surface area contributed by atoms with Crippen LogP contribution in [0.3, 0.4) is 0 Å². The number of carbonyl (C=O) groups excluding carboxylic acids is 1. The van der Waals surface area contributed by atoms with Gasteiger partial charge < -0.3 is 14.2 Å². The van der Waals surface area contributed by atoms with Gasteiger partial charge in [0, 0.05) is 12.4 Å². The maximum Gasteiger partial charge on any atom is 0.343 e. The van der Waals surface area contributed by atoms with E-state index in [2.05, 4.69) is 10.1 Å². The molecule has 0 atom stereocenters. The second-order valence-electron chi connectivity index (χ2n) is 5.35. The largest absolute Gasteiger partial charge is 0.493 e. The van der Waals surface area contributed by atoms with Gasteiger partial charge in [-0.15, -0.1) is 0 Å². The molecule has 0 aliphatic carbocycles. The second-order valence-corrected chi connectivity index (χ2v) is 5.35. The van der Waals surface area contributed by atoms with Crippen LogP contribution in [0.2, 0.25) is 0 Å². The number of hydrogen-bond acceptors (Lipinski definition) is 7. The van der Waals surface area contributed by atoms with E-state index in [1.807, 2.05) is 11.1 Å². The number of rotatable bonds is 5. The fourth-order valence-electron chi connectivity index (χ4n) is 2.31. The number of esters is 1. The number of aromatic nitrogens is 1. The zero-order chi connectivity index (χ0) is 17.5. The molecule has 2 aromatic rings. The number of ether oxygens (including phenoxy) is 3. The third-order valence-corrected chi connectivity index (χ3v) is 3.66. The van der Waals surface area contributed by atoms with Crippen molar-refractivity contribution in [2.24, 2.45) is 5.10 Å². The molecule has 1 aromatic carbocycles. The summed E-state index contributed by atoms with van der Waals surface area (Å²) in [5, 5.41) is 6.38. The molecule has 1 saturated heterocycles. The number of hydrogen-bond donors (Lipinski definition) is 0. The Hall–Kier alpha value is -2.93. The molecule has 1 aliphatic rings. The highest BCUT2D eigenvalue weighted by Crippen LogP contribution is 2.28. The number of morpholine rings is 1. The van der Waals surface area contributed by atoms with E-state index < -0.39 is 5.97 Å². The lowest BCUT2D eigenvalue weighted by atomic mass is 10.2. The first kappa shape index (κ1) is 16.9. The zero-order valence-corrected chi connectivity index (χ0v) is 13.9. The molecule has 0 amide bonds. The van der Waals surface area contributed by atoms with Gasteiger partial charge in [0.15, 0.2) is 11.5 Å². The number of benzene rings is 1. The number of hydrazone groups is 1. The molecular weight excluding hydrogens is 322 g/mol. The van der Waals surface area contributed by atoms with E-state index in [-0.39, 0.29) is 0 Å². The van der Waals surface area contributed by atoms with Crippen LogP contribution in [-0.4, -0.2) is 55.6 Å². The normalized spacial score (nSPS) is 14.5. The molecule has 0 bridgehead atoms. The van der Waals surface area contributed by atoms with Crippen molar-refractivity contribution in [1.29, 1.82) is 0 Å². The van der Waals surface area contributed by atoms with Gasteiger partial charge in [-0.3, -0.25) is 9.99 Å². The molecule has 0 unspecified atom stereocenters. The van der Waals surface area contributed by atoms with Crippen molar-refractivity contribution in [3.8, 4) is 11.5 Å². The maximum absolute atomic E-state index is 12.1. The fourth-order valence-corrected chi connectivity index (χ4v) is 2.31. The van der Waals surface area contributed by atoms with Crippen molar-refractivity contribution in [3.63, 3.8) is 0 Å². The SMILES string of the molecule is COc1cc(/C=N\N2CCOCC2)ccc1OC(=O)c1ccncc1.